The van der Waals surface area contributed by atoms with Crippen molar-refractivity contribution < 1.29 is 14.8 Å². The molecule has 0 amide bonds. The van der Waals surface area contributed by atoms with E-state index >= 15 is 0 Å². The maximum absolute atomic E-state index is 11.3. The van der Waals surface area contributed by atoms with Gasteiger partial charge in [0.1, 0.15) is 0 Å². The Balaban J connectivity index is 2.34. The molecule has 6 heteroatoms. The average Bonchev–Trinajstić information content (AvgIpc) is 2.46. The van der Waals surface area contributed by atoms with E-state index in [1.807, 2.05) is 0 Å². The zero-order valence-corrected chi connectivity index (χ0v) is 11.2. The lowest BCUT2D eigenvalue weighted by molar-refractivity contribution is -0.385. The number of benzene rings is 2. The minimum Gasteiger partial charge on any atom is -0.502 e. The maximum Gasteiger partial charge on any atom is 0.311 e. The standard InChI is InChI=1S/C15H12N2O4/c1-10(18)11-4-2-6-13(8-11)16-9-12-5-3-7-14(15(12)19)17(20)21/h2-9,19H,1H3. The molecule has 2 rings (SSSR count). The molecule has 0 radical (unpaired) electrons. The van der Waals surface area contributed by atoms with Gasteiger partial charge in [-0.3, -0.25) is 19.9 Å². The van der Waals surface area contributed by atoms with Gasteiger partial charge in [0.2, 0.25) is 5.75 Å². The lowest BCUT2D eigenvalue weighted by atomic mass is 10.1. The van der Waals surface area contributed by atoms with Crippen LogP contribution in [-0.4, -0.2) is 22.0 Å². The molecule has 0 aliphatic carbocycles. The number of hydrogen-bond acceptors (Lipinski definition) is 5. The lowest BCUT2D eigenvalue weighted by Gasteiger charge is -2.00. The predicted molar refractivity (Wildman–Crippen MR) is 78.5 cm³/mol. The summed E-state index contributed by atoms with van der Waals surface area (Å²) in [5.41, 5.74) is 0.899. The van der Waals surface area contributed by atoms with Gasteiger partial charge in [0.05, 0.1) is 10.6 Å². The van der Waals surface area contributed by atoms with Crippen molar-refractivity contribution in [1.29, 1.82) is 0 Å². The fourth-order valence-corrected chi connectivity index (χ4v) is 1.75. The second-order valence-corrected chi connectivity index (χ2v) is 4.34. The van der Waals surface area contributed by atoms with Gasteiger partial charge < -0.3 is 5.11 Å². The van der Waals surface area contributed by atoms with E-state index in [0.717, 1.165) is 0 Å². The van der Waals surface area contributed by atoms with Crippen LogP contribution in [0.15, 0.2) is 47.5 Å². The normalized spacial score (nSPS) is 10.7. The SMILES string of the molecule is CC(=O)c1cccc(N=Cc2cccc([N+](=O)[O-])c2O)c1. The van der Waals surface area contributed by atoms with Crippen LogP contribution in [-0.2, 0) is 0 Å². The van der Waals surface area contributed by atoms with E-state index in [1.165, 1.54) is 31.3 Å². The number of hydrogen-bond donors (Lipinski definition) is 1. The summed E-state index contributed by atoms with van der Waals surface area (Å²) in [6.45, 7) is 1.45. The number of phenols is 1. The first kappa shape index (κ1) is 14.4. The van der Waals surface area contributed by atoms with Crippen molar-refractivity contribution in [2.45, 2.75) is 6.92 Å². The minimum absolute atomic E-state index is 0.0785. The number of nitro benzene ring substituents is 1. The Bertz CT molecular complexity index is 738. The van der Waals surface area contributed by atoms with E-state index in [2.05, 4.69) is 4.99 Å². The first-order valence-electron chi connectivity index (χ1n) is 6.10. The molecule has 0 saturated heterocycles. The molecule has 0 saturated carbocycles. The van der Waals surface area contributed by atoms with Crippen molar-refractivity contribution in [2.75, 3.05) is 0 Å². The number of carbonyl (C=O) groups is 1. The van der Waals surface area contributed by atoms with E-state index in [-0.39, 0.29) is 17.0 Å². The molecule has 0 aromatic heterocycles. The van der Waals surface area contributed by atoms with E-state index in [9.17, 15) is 20.0 Å². The van der Waals surface area contributed by atoms with Crippen molar-refractivity contribution in [3.63, 3.8) is 0 Å². The summed E-state index contributed by atoms with van der Waals surface area (Å²) in [4.78, 5) is 25.5. The van der Waals surface area contributed by atoms with E-state index in [1.54, 1.807) is 24.3 Å². The van der Waals surface area contributed by atoms with E-state index < -0.39 is 10.7 Å². The van der Waals surface area contributed by atoms with Crippen molar-refractivity contribution in [2.24, 2.45) is 4.99 Å². The molecule has 0 aliphatic heterocycles. The predicted octanol–water partition coefficient (Wildman–Crippen LogP) is 3.25. The summed E-state index contributed by atoms with van der Waals surface area (Å²) in [5.74, 6) is -0.515. The molecule has 2 aromatic carbocycles. The Labute approximate surface area is 120 Å². The van der Waals surface area contributed by atoms with Crippen molar-refractivity contribution in [1.82, 2.24) is 0 Å². The van der Waals surface area contributed by atoms with Crippen LogP contribution < -0.4 is 0 Å². The summed E-state index contributed by atoms with van der Waals surface area (Å²) in [6, 6.07) is 10.8. The highest BCUT2D eigenvalue weighted by Crippen LogP contribution is 2.28. The molecule has 0 heterocycles. The maximum atomic E-state index is 11.3. The molecule has 0 unspecified atom stereocenters. The van der Waals surface area contributed by atoms with Gasteiger partial charge in [-0.2, -0.15) is 0 Å². The molecule has 0 fully saturated rings. The molecule has 6 nitrogen and oxygen atoms in total. The second-order valence-electron chi connectivity index (χ2n) is 4.34. The van der Waals surface area contributed by atoms with Gasteiger partial charge in [-0.25, -0.2) is 0 Å². The molecule has 0 spiro atoms. The fraction of sp³-hybridized carbons (Fsp3) is 0.0667. The van der Waals surface area contributed by atoms with Gasteiger partial charge in [0.15, 0.2) is 5.78 Å². The molecule has 21 heavy (non-hydrogen) atoms. The van der Waals surface area contributed by atoms with Gasteiger partial charge in [0.25, 0.3) is 0 Å². The first-order valence-corrected chi connectivity index (χ1v) is 6.10. The molecular weight excluding hydrogens is 272 g/mol. The molecule has 1 N–H and O–H groups in total. The number of carbonyl (C=O) groups excluding carboxylic acids is 1. The first-order chi connectivity index (χ1) is 9.99. The summed E-state index contributed by atoms with van der Waals surface area (Å²) >= 11 is 0. The molecule has 0 bridgehead atoms. The van der Waals surface area contributed by atoms with Crippen LogP contribution in [0.25, 0.3) is 0 Å². The van der Waals surface area contributed by atoms with E-state index in [4.69, 9.17) is 0 Å². The van der Waals surface area contributed by atoms with Gasteiger partial charge in [-0.05, 0) is 25.1 Å². The van der Waals surface area contributed by atoms with Crippen LogP contribution in [0.3, 0.4) is 0 Å². The third-order valence-electron chi connectivity index (χ3n) is 2.85. The number of nitro groups is 1. The summed E-state index contributed by atoms with van der Waals surface area (Å²) in [6.07, 6.45) is 1.32. The highest BCUT2D eigenvalue weighted by atomic mass is 16.6. The average molecular weight is 284 g/mol. The largest absolute Gasteiger partial charge is 0.502 e. The van der Waals surface area contributed by atoms with Crippen LogP contribution in [0.2, 0.25) is 0 Å². The summed E-state index contributed by atoms with van der Waals surface area (Å²) < 4.78 is 0. The number of nitrogens with zero attached hydrogens (tertiary/aromatic N) is 2. The summed E-state index contributed by atoms with van der Waals surface area (Å²) in [7, 11) is 0. The smallest absolute Gasteiger partial charge is 0.311 e. The Morgan fingerprint density at radius 1 is 1.29 bits per heavy atom. The number of aliphatic imine (C=N–C) groups is 1. The second kappa shape index (κ2) is 5.96. The summed E-state index contributed by atoms with van der Waals surface area (Å²) in [5, 5.41) is 20.5. The highest BCUT2D eigenvalue weighted by Gasteiger charge is 2.14. The molecule has 0 atom stereocenters. The molecule has 106 valence electrons. The van der Waals surface area contributed by atoms with Crippen LogP contribution in [0.1, 0.15) is 22.8 Å². The monoisotopic (exact) mass is 284 g/mol. The third-order valence-corrected chi connectivity index (χ3v) is 2.85. The van der Waals surface area contributed by atoms with E-state index in [0.29, 0.717) is 11.3 Å². The minimum atomic E-state index is -0.664. The fourth-order valence-electron chi connectivity index (χ4n) is 1.75. The molecular formula is C15H12N2O4. The third kappa shape index (κ3) is 3.30. The van der Waals surface area contributed by atoms with Gasteiger partial charge in [-0.1, -0.05) is 18.2 Å². The van der Waals surface area contributed by atoms with Gasteiger partial charge in [0, 0.05) is 23.4 Å². The quantitative estimate of drug-likeness (QED) is 0.403. The van der Waals surface area contributed by atoms with Crippen LogP contribution in [0.5, 0.6) is 5.75 Å². The van der Waals surface area contributed by atoms with Gasteiger partial charge >= 0.3 is 5.69 Å². The van der Waals surface area contributed by atoms with Crippen LogP contribution >= 0.6 is 0 Å². The van der Waals surface area contributed by atoms with Crippen molar-refractivity contribution >= 4 is 23.4 Å². The highest BCUT2D eigenvalue weighted by molar-refractivity contribution is 5.95. The Morgan fingerprint density at radius 2 is 2.00 bits per heavy atom. The number of phenolic OH excluding ortho intramolecular Hbond substituents is 1. The number of Topliss-reactive ketones (excluding diaryl/α,β-unsaturated/α-hetero) is 1. The number of para-hydroxylation sites is 1. The Hall–Kier alpha value is -3.02. The topological polar surface area (TPSA) is 92.8 Å². The number of aromatic hydroxyl groups is 1. The molecule has 0 aliphatic rings. The number of rotatable bonds is 4. The van der Waals surface area contributed by atoms with Crippen LogP contribution in [0.4, 0.5) is 11.4 Å². The van der Waals surface area contributed by atoms with Crippen molar-refractivity contribution in [3.8, 4) is 5.75 Å². The van der Waals surface area contributed by atoms with Gasteiger partial charge in [-0.15, -0.1) is 0 Å². The number of ketones is 1. The Kier molecular flexibility index (Phi) is 4.08. The zero-order valence-electron chi connectivity index (χ0n) is 11.2. The van der Waals surface area contributed by atoms with Crippen LogP contribution in [0, 0.1) is 10.1 Å². The Morgan fingerprint density at radius 3 is 2.67 bits per heavy atom. The zero-order chi connectivity index (χ0) is 15.4. The molecule has 2 aromatic rings. The van der Waals surface area contributed by atoms with Crippen molar-refractivity contribution in [3.05, 3.63) is 63.7 Å². The lowest BCUT2D eigenvalue weighted by Crippen LogP contribution is -1.92.